The quantitative estimate of drug-likeness (QED) is 0.838. The van der Waals surface area contributed by atoms with Gasteiger partial charge >= 0.3 is 0 Å². The summed E-state index contributed by atoms with van der Waals surface area (Å²) >= 11 is 0. The summed E-state index contributed by atoms with van der Waals surface area (Å²) in [6.07, 6.45) is 4.17. The molecule has 1 aliphatic heterocycles. The van der Waals surface area contributed by atoms with E-state index in [1.807, 2.05) is 11.0 Å². The molecule has 1 fully saturated rings. The maximum atomic E-state index is 12.6. The van der Waals surface area contributed by atoms with Gasteiger partial charge in [0.2, 0.25) is 11.8 Å². The SMILES string of the molecule is CCCCN1CC(C(=O)Nc2c(CC)cccc2CC)CC1=O. The number of anilines is 1. The highest BCUT2D eigenvalue weighted by molar-refractivity contribution is 5.98. The molecule has 0 bridgehead atoms. The van der Waals surface area contributed by atoms with Gasteiger partial charge in [0.05, 0.1) is 5.92 Å². The Bertz CT molecular complexity index is 546. The molecule has 0 aromatic heterocycles. The predicted octanol–water partition coefficient (Wildman–Crippen LogP) is 3.40. The Morgan fingerprint density at radius 2 is 1.87 bits per heavy atom. The Kier molecular flexibility index (Phi) is 6.20. The van der Waals surface area contributed by atoms with Gasteiger partial charge in [-0.3, -0.25) is 9.59 Å². The van der Waals surface area contributed by atoms with E-state index in [2.05, 4.69) is 38.2 Å². The molecule has 126 valence electrons. The van der Waals surface area contributed by atoms with Crippen molar-refractivity contribution in [2.75, 3.05) is 18.4 Å². The van der Waals surface area contributed by atoms with Crippen molar-refractivity contribution in [1.29, 1.82) is 0 Å². The number of likely N-dealkylation sites (tertiary alicyclic amines) is 1. The zero-order chi connectivity index (χ0) is 16.8. The number of nitrogens with zero attached hydrogens (tertiary/aromatic N) is 1. The van der Waals surface area contributed by atoms with Crippen LogP contribution in [0.3, 0.4) is 0 Å². The lowest BCUT2D eigenvalue weighted by molar-refractivity contribution is -0.128. The zero-order valence-corrected chi connectivity index (χ0v) is 14.5. The van der Waals surface area contributed by atoms with Crippen molar-refractivity contribution >= 4 is 17.5 Å². The van der Waals surface area contributed by atoms with Gasteiger partial charge in [-0.25, -0.2) is 0 Å². The van der Waals surface area contributed by atoms with Crippen molar-refractivity contribution in [2.24, 2.45) is 5.92 Å². The van der Waals surface area contributed by atoms with Crippen LogP contribution in [0.25, 0.3) is 0 Å². The number of hydrogen-bond acceptors (Lipinski definition) is 2. The summed E-state index contributed by atoms with van der Waals surface area (Å²) in [6, 6.07) is 6.16. The molecular formula is C19H28N2O2. The minimum atomic E-state index is -0.228. The van der Waals surface area contributed by atoms with E-state index in [0.29, 0.717) is 13.0 Å². The second-order valence-electron chi connectivity index (χ2n) is 6.24. The highest BCUT2D eigenvalue weighted by Gasteiger charge is 2.34. The molecule has 2 rings (SSSR count). The monoisotopic (exact) mass is 316 g/mol. The van der Waals surface area contributed by atoms with Gasteiger partial charge in [0, 0.05) is 25.2 Å². The number of hydrogen-bond donors (Lipinski definition) is 1. The molecule has 0 aliphatic carbocycles. The average molecular weight is 316 g/mol. The number of rotatable bonds is 7. The van der Waals surface area contributed by atoms with Crippen LogP contribution in [0.1, 0.15) is 51.2 Å². The summed E-state index contributed by atoms with van der Waals surface area (Å²) in [5, 5.41) is 3.10. The standard InChI is InChI=1S/C19H28N2O2/c1-4-7-11-21-13-16(12-17(21)22)19(23)20-18-14(5-2)9-8-10-15(18)6-3/h8-10,16H,4-7,11-13H2,1-3H3,(H,20,23). The third-order valence-electron chi connectivity index (χ3n) is 4.61. The summed E-state index contributed by atoms with van der Waals surface area (Å²) in [6.45, 7) is 7.62. The molecule has 1 heterocycles. The first kappa shape index (κ1) is 17.5. The summed E-state index contributed by atoms with van der Waals surface area (Å²) < 4.78 is 0. The van der Waals surface area contributed by atoms with Gasteiger partial charge in [0.1, 0.15) is 0 Å². The van der Waals surface area contributed by atoms with Gasteiger partial charge in [0.25, 0.3) is 0 Å². The van der Waals surface area contributed by atoms with Crippen LogP contribution in [-0.2, 0) is 22.4 Å². The normalized spacial score (nSPS) is 17.6. The van der Waals surface area contributed by atoms with Crippen LogP contribution in [0.4, 0.5) is 5.69 Å². The van der Waals surface area contributed by atoms with E-state index in [-0.39, 0.29) is 17.7 Å². The van der Waals surface area contributed by atoms with Crippen LogP contribution in [0.2, 0.25) is 0 Å². The molecule has 1 saturated heterocycles. The molecule has 23 heavy (non-hydrogen) atoms. The first-order chi connectivity index (χ1) is 11.1. The largest absolute Gasteiger partial charge is 0.342 e. The second-order valence-corrected chi connectivity index (χ2v) is 6.24. The van der Waals surface area contributed by atoms with Crippen molar-refractivity contribution < 1.29 is 9.59 Å². The molecule has 0 spiro atoms. The van der Waals surface area contributed by atoms with Crippen molar-refractivity contribution in [3.63, 3.8) is 0 Å². The van der Waals surface area contributed by atoms with E-state index in [1.165, 1.54) is 0 Å². The van der Waals surface area contributed by atoms with Crippen LogP contribution in [0.5, 0.6) is 0 Å². The van der Waals surface area contributed by atoms with Crippen molar-refractivity contribution in [3.8, 4) is 0 Å². The van der Waals surface area contributed by atoms with Gasteiger partial charge in [-0.2, -0.15) is 0 Å². The van der Waals surface area contributed by atoms with Gasteiger partial charge in [-0.15, -0.1) is 0 Å². The molecule has 1 aliphatic rings. The van der Waals surface area contributed by atoms with Crippen LogP contribution in [0.15, 0.2) is 18.2 Å². The maximum absolute atomic E-state index is 12.6. The summed E-state index contributed by atoms with van der Waals surface area (Å²) in [7, 11) is 0. The first-order valence-corrected chi connectivity index (χ1v) is 8.80. The van der Waals surface area contributed by atoms with Gasteiger partial charge in [-0.05, 0) is 30.4 Å². The molecule has 1 N–H and O–H groups in total. The number of benzene rings is 1. The Morgan fingerprint density at radius 1 is 1.22 bits per heavy atom. The fourth-order valence-electron chi connectivity index (χ4n) is 3.14. The molecule has 1 aromatic rings. The smallest absolute Gasteiger partial charge is 0.229 e. The maximum Gasteiger partial charge on any atom is 0.229 e. The molecule has 0 saturated carbocycles. The third kappa shape index (κ3) is 4.12. The lowest BCUT2D eigenvalue weighted by Crippen LogP contribution is -2.29. The Balaban J connectivity index is 2.07. The van der Waals surface area contributed by atoms with E-state index in [0.717, 1.165) is 49.0 Å². The summed E-state index contributed by atoms with van der Waals surface area (Å²) in [5.41, 5.74) is 3.26. The average Bonchev–Trinajstić information content (AvgIpc) is 2.94. The highest BCUT2D eigenvalue weighted by atomic mass is 16.2. The molecule has 4 heteroatoms. The molecular weight excluding hydrogens is 288 g/mol. The van der Waals surface area contributed by atoms with Crippen molar-refractivity contribution in [3.05, 3.63) is 29.3 Å². The third-order valence-corrected chi connectivity index (χ3v) is 4.61. The zero-order valence-electron chi connectivity index (χ0n) is 14.5. The fourth-order valence-corrected chi connectivity index (χ4v) is 3.14. The number of nitrogens with one attached hydrogen (secondary N) is 1. The summed E-state index contributed by atoms with van der Waals surface area (Å²) in [4.78, 5) is 26.5. The Hall–Kier alpha value is -1.84. The number of carbonyl (C=O) groups excluding carboxylic acids is 2. The number of aryl methyl sites for hydroxylation is 2. The highest BCUT2D eigenvalue weighted by Crippen LogP contribution is 2.25. The van der Waals surface area contributed by atoms with E-state index >= 15 is 0 Å². The van der Waals surface area contributed by atoms with Crippen LogP contribution in [0, 0.1) is 5.92 Å². The lowest BCUT2D eigenvalue weighted by Gasteiger charge is -2.18. The number of para-hydroxylation sites is 1. The summed E-state index contributed by atoms with van der Waals surface area (Å²) in [5.74, 6) is -0.139. The topological polar surface area (TPSA) is 49.4 Å². The molecule has 0 radical (unpaired) electrons. The molecule has 4 nitrogen and oxygen atoms in total. The number of amides is 2. The predicted molar refractivity (Wildman–Crippen MR) is 93.4 cm³/mol. The van der Waals surface area contributed by atoms with Gasteiger partial charge in [-0.1, -0.05) is 45.4 Å². The minimum absolute atomic E-state index is 0.0204. The lowest BCUT2D eigenvalue weighted by atomic mass is 10.0. The van der Waals surface area contributed by atoms with Gasteiger partial charge in [0.15, 0.2) is 0 Å². The molecule has 1 unspecified atom stereocenters. The van der Waals surface area contributed by atoms with Crippen LogP contribution >= 0.6 is 0 Å². The van der Waals surface area contributed by atoms with Crippen LogP contribution < -0.4 is 5.32 Å². The van der Waals surface area contributed by atoms with E-state index in [4.69, 9.17) is 0 Å². The first-order valence-electron chi connectivity index (χ1n) is 8.80. The van der Waals surface area contributed by atoms with E-state index < -0.39 is 0 Å². The van der Waals surface area contributed by atoms with Gasteiger partial charge < -0.3 is 10.2 Å². The molecule has 2 amide bonds. The fraction of sp³-hybridized carbons (Fsp3) is 0.579. The van der Waals surface area contributed by atoms with Crippen LogP contribution in [-0.4, -0.2) is 29.8 Å². The molecule has 1 aromatic carbocycles. The molecule has 1 atom stereocenters. The number of carbonyl (C=O) groups is 2. The Labute approximate surface area is 139 Å². The second kappa shape index (κ2) is 8.14. The van der Waals surface area contributed by atoms with Crippen molar-refractivity contribution in [1.82, 2.24) is 4.90 Å². The van der Waals surface area contributed by atoms with E-state index in [9.17, 15) is 9.59 Å². The van der Waals surface area contributed by atoms with Crippen molar-refractivity contribution in [2.45, 2.75) is 52.9 Å². The Morgan fingerprint density at radius 3 is 2.43 bits per heavy atom. The van der Waals surface area contributed by atoms with E-state index in [1.54, 1.807) is 0 Å². The number of unbranched alkanes of at least 4 members (excludes halogenated alkanes) is 1. The minimum Gasteiger partial charge on any atom is -0.342 e.